The number of hydrogen-bond acceptors (Lipinski definition) is 2. The van der Waals surface area contributed by atoms with Crippen molar-refractivity contribution in [3.8, 4) is 0 Å². The van der Waals surface area contributed by atoms with Gasteiger partial charge in [0.05, 0.1) is 0 Å². The number of carbonyl (C=O) groups excluding carboxylic acids is 2. The van der Waals surface area contributed by atoms with Gasteiger partial charge in [-0.15, -0.1) is 0 Å². The molecule has 2 aromatic rings. The van der Waals surface area contributed by atoms with Gasteiger partial charge in [0.1, 0.15) is 0 Å². The van der Waals surface area contributed by atoms with Crippen LogP contribution in [0.1, 0.15) is 46.0 Å². The van der Waals surface area contributed by atoms with Crippen LogP contribution in [0, 0.1) is 12.8 Å². The summed E-state index contributed by atoms with van der Waals surface area (Å²) in [6.07, 6.45) is 2.21. The van der Waals surface area contributed by atoms with E-state index < -0.39 is 0 Å². The molecule has 130 valence electrons. The molecule has 0 aliphatic carbocycles. The Labute approximate surface area is 148 Å². The molecule has 1 fully saturated rings. The summed E-state index contributed by atoms with van der Waals surface area (Å²) in [5.41, 5.74) is 2.91. The molecule has 2 aromatic carbocycles. The van der Waals surface area contributed by atoms with E-state index in [-0.39, 0.29) is 11.8 Å². The maximum absolute atomic E-state index is 12.7. The molecule has 1 unspecified atom stereocenters. The van der Waals surface area contributed by atoms with Crippen LogP contribution in [-0.4, -0.2) is 29.8 Å². The molecule has 4 heteroatoms. The Balaban J connectivity index is 1.74. The maximum atomic E-state index is 12.7. The number of aryl methyl sites for hydroxylation is 1. The highest BCUT2D eigenvalue weighted by Crippen LogP contribution is 2.19. The third-order valence-corrected chi connectivity index (χ3v) is 4.59. The molecule has 0 spiro atoms. The van der Waals surface area contributed by atoms with E-state index in [1.807, 2.05) is 36.1 Å². The molecule has 4 nitrogen and oxygen atoms in total. The first-order chi connectivity index (χ1) is 12.0. The van der Waals surface area contributed by atoms with Crippen LogP contribution in [0.4, 0.5) is 5.69 Å². The van der Waals surface area contributed by atoms with Crippen molar-refractivity contribution < 1.29 is 9.59 Å². The predicted octanol–water partition coefficient (Wildman–Crippen LogP) is 4.12. The zero-order valence-corrected chi connectivity index (χ0v) is 14.8. The van der Waals surface area contributed by atoms with Gasteiger partial charge in [-0.05, 0) is 61.6 Å². The summed E-state index contributed by atoms with van der Waals surface area (Å²) < 4.78 is 0. The molecule has 1 aliphatic heterocycles. The highest BCUT2D eigenvalue weighted by molar-refractivity contribution is 6.06. The van der Waals surface area contributed by atoms with Crippen molar-refractivity contribution >= 4 is 17.5 Å². The van der Waals surface area contributed by atoms with Gasteiger partial charge in [-0.1, -0.05) is 25.1 Å². The monoisotopic (exact) mass is 336 g/mol. The Morgan fingerprint density at radius 3 is 2.60 bits per heavy atom. The van der Waals surface area contributed by atoms with Crippen LogP contribution in [0.5, 0.6) is 0 Å². The van der Waals surface area contributed by atoms with E-state index in [0.717, 1.165) is 30.8 Å². The van der Waals surface area contributed by atoms with E-state index in [9.17, 15) is 9.59 Å². The topological polar surface area (TPSA) is 49.4 Å². The van der Waals surface area contributed by atoms with Gasteiger partial charge < -0.3 is 10.2 Å². The second-order valence-corrected chi connectivity index (χ2v) is 6.90. The first-order valence-corrected chi connectivity index (χ1v) is 8.80. The van der Waals surface area contributed by atoms with E-state index in [0.29, 0.717) is 17.0 Å². The van der Waals surface area contributed by atoms with Gasteiger partial charge in [0.25, 0.3) is 11.8 Å². The third kappa shape index (κ3) is 4.27. The molecule has 1 atom stereocenters. The summed E-state index contributed by atoms with van der Waals surface area (Å²) in [6.45, 7) is 5.74. The van der Waals surface area contributed by atoms with Crippen molar-refractivity contribution in [1.82, 2.24) is 4.90 Å². The molecule has 0 bridgehead atoms. The summed E-state index contributed by atoms with van der Waals surface area (Å²) >= 11 is 0. The number of hydrogen-bond donors (Lipinski definition) is 1. The van der Waals surface area contributed by atoms with Crippen molar-refractivity contribution in [3.05, 3.63) is 65.2 Å². The van der Waals surface area contributed by atoms with E-state index in [2.05, 4.69) is 12.2 Å². The lowest BCUT2D eigenvalue weighted by Gasteiger charge is -2.31. The van der Waals surface area contributed by atoms with Crippen LogP contribution in [-0.2, 0) is 0 Å². The summed E-state index contributed by atoms with van der Waals surface area (Å²) in [4.78, 5) is 27.1. The number of nitrogens with zero attached hydrogens (tertiary/aromatic N) is 1. The predicted molar refractivity (Wildman–Crippen MR) is 99.9 cm³/mol. The Hall–Kier alpha value is -2.62. The minimum absolute atomic E-state index is 0.0109. The van der Waals surface area contributed by atoms with Crippen molar-refractivity contribution in [2.45, 2.75) is 26.7 Å². The zero-order valence-electron chi connectivity index (χ0n) is 14.8. The third-order valence-electron chi connectivity index (χ3n) is 4.59. The van der Waals surface area contributed by atoms with Crippen molar-refractivity contribution in [3.63, 3.8) is 0 Å². The summed E-state index contributed by atoms with van der Waals surface area (Å²) in [5.74, 6) is 0.342. The number of amides is 2. The fraction of sp³-hybridized carbons (Fsp3) is 0.333. The van der Waals surface area contributed by atoms with Crippen molar-refractivity contribution in [2.24, 2.45) is 5.92 Å². The second-order valence-electron chi connectivity index (χ2n) is 6.90. The normalized spacial score (nSPS) is 17.2. The quantitative estimate of drug-likeness (QED) is 0.916. The highest BCUT2D eigenvalue weighted by Gasteiger charge is 2.22. The van der Waals surface area contributed by atoms with E-state index in [1.165, 1.54) is 6.42 Å². The zero-order chi connectivity index (χ0) is 17.8. The molecule has 3 rings (SSSR count). The molecule has 1 aliphatic rings. The highest BCUT2D eigenvalue weighted by atomic mass is 16.2. The van der Waals surface area contributed by atoms with Crippen LogP contribution in [0.15, 0.2) is 48.5 Å². The van der Waals surface area contributed by atoms with Crippen LogP contribution in [0.2, 0.25) is 0 Å². The standard InChI is InChI=1S/C21H24N2O2/c1-15-6-3-10-19(12-15)22-20(24)17-8-4-9-18(13-17)21(25)23-11-5-7-16(2)14-23/h3-4,6,8-10,12-13,16H,5,7,11,14H2,1-2H3,(H,22,24). The number of anilines is 1. The van der Waals surface area contributed by atoms with Crippen LogP contribution < -0.4 is 5.32 Å². The largest absolute Gasteiger partial charge is 0.338 e. The molecule has 2 amide bonds. The van der Waals surface area contributed by atoms with Crippen molar-refractivity contribution in [2.75, 3.05) is 18.4 Å². The Bertz CT molecular complexity index is 785. The SMILES string of the molecule is Cc1cccc(NC(=O)c2cccc(C(=O)N3CCCC(C)C3)c2)c1. The number of rotatable bonds is 3. The Kier molecular flexibility index (Phi) is 5.17. The fourth-order valence-electron chi connectivity index (χ4n) is 3.28. The molecule has 1 N–H and O–H groups in total. The number of carbonyl (C=O) groups is 2. The van der Waals surface area contributed by atoms with Gasteiger partial charge in [0.15, 0.2) is 0 Å². The average molecular weight is 336 g/mol. The first-order valence-electron chi connectivity index (χ1n) is 8.80. The number of nitrogens with one attached hydrogen (secondary N) is 1. The van der Waals surface area contributed by atoms with E-state index >= 15 is 0 Å². The van der Waals surface area contributed by atoms with Crippen LogP contribution in [0.3, 0.4) is 0 Å². The van der Waals surface area contributed by atoms with Crippen molar-refractivity contribution in [1.29, 1.82) is 0 Å². The molecular weight excluding hydrogens is 312 g/mol. The molecule has 1 heterocycles. The first kappa shape index (κ1) is 17.2. The fourth-order valence-corrected chi connectivity index (χ4v) is 3.28. The van der Waals surface area contributed by atoms with Gasteiger partial charge in [0, 0.05) is 29.9 Å². The minimum atomic E-state index is -0.202. The minimum Gasteiger partial charge on any atom is -0.338 e. The van der Waals surface area contributed by atoms with E-state index in [4.69, 9.17) is 0 Å². The number of benzene rings is 2. The molecular formula is C21H24N2O2. The maximum Gasteiger partial charge on any atom is 0.255 e. The Morgan fingerprint density at radius 2 is 1.84 bits per heavy atom. The summed E-state index contributed by atoms with van der Waals surface area (Å²) in [7, 11) is 0. The van der Waals surface area contributed by atoms with Gasteiger partial charge >= 0.3 is 0 Å². The second kappa shape index (κ2) is 7.51. The molecule has 0 radical (unpaired) electrons. The van der Waals surface area contributed by atoms with Crippen LogP contribution in [0.25, 0.3) is 0 Å². The van der Waals surface area contributed by atoms with Gasteiger partial charge in [-0.3, -0.25) is 9.59 Å². The van der Waals surface area contributed by atoms with Crippen LogP contribution >= 0.6 is 0 Å². The molecule has 25 heavy (non-hydrogen) atoms. The average Bonchev–Trinajstić information content (AvgIpc) is 2.61. The van der Waals surface area contributed by atoms with Gasteiger partial charge in [0.2, 0.25) is 0 Å². The smallest absolute Gasteiger partial charge is 0.255 e. The Morgan fingerprint density at radius 1 is 1.08 bits per heavy atom. The number of likely N-dealkylation sites (tertiary alicyclic amines) is 1. The summed E-state index contributed by atoms with van der Waals surface area (Å²) in [5, 5.41) is 2.89. The lowest BCUT2D eigenvalue weighted by molar-refractivity contribution is 0.0683. The molecule has 0 aromatic heterocycles. The molecule has 0 saturated carbocycles. The lowest BCUT2D eigenvalue weighted by Crippen LogP contribution is -2.39. The number of piperidine rings is 1. The molecule has 1 saturated heterocycles. The summed E-state index contributed by atoms with van der Waals surface area (Å²) in [6, 6.07) is 14.6. The van der Waals surface area contributed by atoms with Gasteiger partial charge in [-0.25, -0.2) is 0 Å². The van der Waals surface area contributed by atoms with E-state index in [1.54, 1.807) is 24.3 Å². The lowest BCUT2D eigenvalue weighted by atomic mass is 9.99. The van der Waals surface area contributed by atoms with Gasteiger partial charge in [-0.2, -0.15) is 0 Å².